The predicted octanol–water partition coefficient (Wildman–Crippen LogP) is 5.02. The van der Waals surface area contributed by atoms with Crippen molar-refractivity contribution in [3.8, 4) is 5.75 Å². The molecule has 0 heterocycles. The number of benzene rings is 3. The van der Waals surface area contributed by atoms with Gasteiger partial charge in [0.05, 0.1) is 4.90 Å². The molecule has 2 N–H and O–H groups in total. The van der Waals surface area contributed by atoms with Crippen molar-refractivity contribution in [2.45, 2.75) is 31.1 Å². The summed E-state index contributed by atoms with van der Waals surface area (Å²) in [7, 11) is -3.71. The highest BCUT2D eigenvalue weighted by Crippen LogP contribution is 2.28. The molecule has 3 aromatic rings. The van der Waals surface area contributed by atoms with Crippen LogP contribution in [-0.2, 0) is 14.8 Å². The molecule has 6 nitrogen and oxygen atoms in total. The van der Waals surface area contributed by atoms with Gasteiger partial charge in [0.15, 0.2) is 6.61 Å². The largest absolute Gasteiger partial charge is 0.483 e. The van der Waals surface area contributed by atoms with Crippen LogP contribution in [0.2, 0.25) is 0 Å². The molecule has 0 saturated heterocycles. The van der Waals surface area contributed by atoms with Crippen LogP contribution in [0.15, 0.2) is 83.8 Å². The molecule has 1 amide bonds. The van der Waals surface area contributed by atoms with Gasteiger partial charge in [-0.05, 0) is 60.4 Å². The van der Waals surface area contributed by atoms with Gasteiger partial charge in [0, 0.05) is 11.4 Å². The van der Waals surface area contributed by atoms with Crippen molar-refractivity contribution < 1.29 is 17.9 Å². The summed E-state index contributed by atoms with van der Waals surface area (Å²) in [6.45, 7) is 4.08. The fraction of sp³-hybridized carbons (Fsp3) is 0.208. The van der Waals surface area contributed by atoms with Gasteiger partial charge in [-0.2, -0.15) is 0 Å². The second-order valence-corrected chi connectivity index (χ2v) is 8.86. The quantitative estimate of drug-likeness (QED) is 0.491. The van der Waals surface area contributed by atoms with Crippen LogP contribution >= 0.6 is 0 Å². The third-order valence-corrected chi connectivity index (χ3v) is 6.29. The van der Waals surface area contributed by atoms with Crippen LogP contribution in [-0.4, -0.2) is 20.9 Å². The van der Waals surface area contributed by atoms with Gasteiger partial charge >= 0.3 is 0 Å². The highest BCUT2D eigenvalue weighted by Gasteiger charge is 2.15. The monoisotopic (exact) mass is 438 g/mol. The van der Waals surface area contributed by atoms with E-state index in [1.54, 1.807) is 36.4 Å². The summed E-state index contributed by atoms with van der Waals surface area (Å²) in [6.07, 6.45) is 0.973. The Kier molecular flexibility index (Phi) is 7.31. The van der Waals surface area contributed by atoms with E-state index in [-0.39, 0.29) is 17.4 Å². The third kappa shape index (κ3) is 6.08. The summed E-state index contributed by atoms with van der Waals surface area (Å²) in [4.78, 5) is 12.4. The number of carbonyl (C=O) groups excluding carboxylic acids is 1. The Labute approximate surface area is 183 Å². The van der Waals surface area contributed by atoms with Crippen LogP contribution in [0, 0.1) is 0 Å². The molecule has 0 aliphatic carbocycles. The second kappa shape index (κ2) is 10.1. The summed E-state index contributed by atoms with van der Waals surface area (Å²) in [5, 5.41) is 2.72. The predicted molar refractivity (Wildman–Crippen MR) is 123 cm³/mol. The fourth-order valence-electron chi connectivity index (χ4n) is 3.02. The van der Waals surface area contributed by atoms with Gasteiger partial charge in [-0.3, -0.25) is 9.52 Å². The van der Waals surface area contributed by atoms with Crippen molar-refractivity contribution in [1.82, 2.24) is 0 Å². The lowest BCUT2D eigenvalue weighted by atomic mass is 9.98. The molecule has 0 bridgehead atoms. The number of hydrogen-bond donors (Lipinski definition) is 2. The second-order valence-electron chi connectivity index (χ2n) is 7.18. The molecule has 0 saturated carbocycles. The van der Waals surface area contributed by atoms with Gasteiger partial charge in [0.1, 0.15) is 5.75 Å². The zero-order chi connectivity index (χ0) is 22.3. The molecular formula is C24H26N2O4S. The Morgan fingerprint density at radius 2 is 1.55 bits per heavy atom. The molecule has 3 aromatic carbocycles. The number of sulfonamides is 1. The van der Waals surface area contributed by atoms with Gasteiger partial charge in [-0.15, -0.1) is 0 Å². The first-order valence-electron chi connectivity index (χ1n) is 10.1. The lowest BCUT2D eigenvalue weighted by Crippen LogP contribution is -2.20. The van der Waals surface area contributed by atoms with Crippen LogP contribution in [0.4, 0.5) is 11.4 Å². The van der Waals surface area contributed by atoms with E-state index in [4.69, 9.17) is 4.74 Å². The molecule has 0 radical (unpaired) electrons. The smallest absolute Gasteiger partial charge is 0.262 e. The minimum Gasteiger partial charge on any atom is -0.483 e. The Balaban J connectivity index is 1.59. The van der Waals surface area contributed by atoms with Gasteiger partial charge < -0.3 is 10.1 Å². The molecule has 1 unspecified atom stereocenters. The van der Waals surface area contributed by atoms with E-state index in [0.29, 0.717) is 23.0 Å². The van der Waals surface area contributed by atoms with Crippen LogP contribution < -0.4 is 14.8 Å². The number of anilines is 2. The van der Waals surface area contributed by atoms with Gasteiger partial charge in [-0.1, -0.05) is 50.2 Å². The Bertz CT molecular complexity index is 1110. The number of nitrogens with one attached hydrogen (secondary N) is 2. The van der Waals surface area contributed by atoms with Crippen LogP contribution in [0.3, 0.4) is 0 Å². The molecule has 0 fully saturated rings. The molecule has 0 aliphatic heterocycles. The number of amides is 1. The van der Waals surface area contributed by atoms with Gasteiger partial charge in [-0.25, -0.2) is 8.42 Å². The maximum Gasteiger partial charge on any atom is 0.262 e. The number of carbonyl (C=O) groups is 1. The number of para-hydroxylation sites is 2. The summed E-state index contributed by atoms with van der Waals surface area (Å²) in [6, 6.07) is 22.3. The first-order chi connectivity index (χ1) is 14.9. The Morgan fingerprint density at radius 1 is 0.903 bits per heavy atom. The van der Waals surface area contributed by atoms with Crippen molar-refractivity contribution in [1.29, 1.82) is 0 Å². The highest BCUT2D eigenvalue weighted by atomic mass is 32.2. The van der Waals surface area contributed by atoms with Crippen molar-refractivity contribution in [3.63, 3.8) is 0 Å². The van der Waals surface area contributed by atoms with Crippen molar-refractivity contribution in [2.24, 2.45) is 0 Å². The zero-order valence-corrected chi connectivity index (χ0v) is 18.4. The first-order valence-corrected chi connectivity index (χ1v) is 11.6. The van der Waals surface area contributed by atoms with Gasteiger partial charge in [0.2, 0.25) is 0 Å². The first kappa shape index (κ1) is 22.4. The minimum absolute atomic E-state index is 0.105. The Morgan fingerprint density at radius 3 is 2.23 bits per heavy atom. The lowest BCUT2D eigenvalue weighted by Gasteiger charge is -2.15. The van der Waals surface area contributed by atoms with E-state index in [1.807, 2.05) is 30.3 Å². The number of hydrogen-bond acceptors (Lipinski definition) is 4. The van der Waals surface area contributed by atoms with E-state index in [1.165, 1.54) is 12.1 Å². The van der Waals surface area contributed by atoms with E-state index < -0.39 is 10.0 Å². The minimum atomic E-state index is -3.71. The highest BCUT2D eigenvalue weighted by molar-refractivity contribution is 7.92. The molecular weight excluding hydrogens is 412 g/mol. The number of rotatable bonds is 9. The average molecular weight is 439 g/mol. The molecule has 1 atom stereocenters. The molecule has 0 spiro atoms. The average Bonchev–Trinajstić information content (AvgIpc) is 2.78. The van der Waals surface area contributed by atoms with Crippen LogP contribution in [0.25, 0.3) is 0 Å². The molecule has 0 aliphatic rings. The van der Waals surface area contributed by atoms with E-state index in [0.717, 1.165) is 12.0 Å². The summed E-state index contributed by atoms with van der Waals surface area (Å²) >= 11 is 0. The van der Waals surface area contributed by atoms with E-state index in [2.05, 4.69) is 23.9 Å². The van der Waals surface area contributed by atoms with Crippen molar-refractivity contribution in [2.75, 3.05) is 16.6 Å². The molecule has 31 heavy (non-hydrogen) atoms. The van der Waals surface area contributed by atoms with Crippen LogP contribution in [0.5, 0.6) is 5.75 Å². The fourth-order valence-corrected chi connectivity index (χ4v) is 4.08. The molecule has 0 aromatic heterocycles. The summed E-state index contributed by atoms with van der Waals surface area (Å²) < 4.78 is 33.2. The lowest BCUT2D eigenvalue weighted by molar-refractivity contribution is -0.118. The summed E-state index contributed by atoms with van der Waals surface area (Å²) in [5.41, 5.74) is 2.04. The molecule has 162 valence electrons. The van der Waals surface area contributed by atoms with E-state index >= 15 is 0 Å². The maximum atomic E-state index is 12.5. The summed E-state index contributed by atoms with van der Waals surface area (Å²) in [5.74, 6) is 0.704. The topological polar surface area (TPSA) is 84.5 Å². The SMILES string of the molecule is CCC(C)c1ccccc1OCC(=O)Nc1ccc(S(=O)(=O)Nc2ccccc2)cc1. The van der Waals surface area contributed by atoms with Crippen molar-refractivity contribution in [3.05, 3.63) is 84.4 Å². The molecule has 3 rings (SSSR count). The van der Waals surface area contributed by atoms with E-state index in [9.17, 15) is 13.2 Å². The van der Waals surface area contributed by atoms with Gasteiger partial charge in [0.25, 0.3) is 15.9 Å². The number of ether oxygens (including phenoxy) is 1. The van der Waals surface area contributed by atoms with Crippen molar-refractivity contribution >= 4 is 27.3 Å². The molecule has 7 heteroatoms. The maximum absolute atomic E-state index is 12.5. The Hall–Kier alpha value is -3.32. The third-order valence-electron chi connectivity index (χ3n) is 4.90. The standard InChI is InChI=1S/C24H26N2O4S/c1-3-18(2)22-11-7-8-12-23(22)30-17-24(27)25-19-13-15-21(16-14-19)31(28,29)26-20-9-5-4-6-10-20/h4-16,18,26H,3,17H2,1-2H3,(H,25,27). The van der Waals surface area contributed by atoms with Crippen LogP contribution in [0.1, 0.15) is 31.7 Å². The zero-order valence-electron chi connectivity index (χ0n) is 17.5. The normalized spacial score (nSPS) is 12.1.